The monoisotopic (exact) mass is 413 g/mol. The average Bonchev–Trinajstić information content (AvgIpc) is 3.16. The zero-order valence-electron chi connectivity index (χ0n) is 14.5. The van der Waals surface area contributed by atoms with Gasteiger partial charge in [-0.15, -0.1) is 10.2 Å². The predicted molar refractivity (Wildman–Crippen MR) is 106 cm³/mol. The van der Waals surface area contributed by atoms with Crippen molar-refractivity contribution in [1.29, 1.82) is 0 Å². The molecule has 142 valence electrons. The molecule has 8 heteroatoms. The topological polar surface area (TPSA) is 88.3 Å². The van der Waals surface area contributed by atoms with E-state index in [0.29, 0.717) is 28.5 Å². The lowest BCUT2D eigenvalue weighted by Gasteiger charge is -2.06. The number of thioether (sulfide) groups is 1. The van der Waals surface area contributed by atoms with Crippen molar-refractivity contribution in [2.75, 3.05) is 6.61 Å². The normalized spacial score (nSPS) is 11.2. The van der Waals surface area contributed by atoms with Crippen LogP contribution in [0.3, 0.4) is 0 Å². The highest BCUT2D eigenvalue weighted by molar-refractivity contribution is 8.03. The standard InChI is InChI=1S/C20H15ClN2O4S/c1-2-11-26-16-9-3-13(4-10-16)12-17(19(24)25)28-20-23-22-18(27-20)14-5-7-15(21)8-6-14/h2-10,12H,1,11H2,(H,24,25)/p-1/b17-12-. The van der Waals surface area contributed by atoms with Crippen LogP contribution in [-0.4, -0.2) is 22.8 Å². The van der Waals surface area contributed by atoms with Crippen LogP contribution in [0.4, 0.5) is 0 Å². The van der Waals surface area contributed by atoms with Crippen molar-refractivity contribution in [3.63, 3.8) is 0 Å². The van der Waals surface area contributed by atoms with Gasteiger partial charge in [0, 0.05) is 15.5 Å². The highest BCUT2D eigenvalue weighted by Gasteiger charge is 2.12. The molecule has 0 atom stereocenters. The molecule has 2 aromatic carbocycles. The summed E-state index contributed by atoms with van der Waals surface area (Å²) in [5.41, 5.74) is 1.34. The van der Waals surface area contributed by atoms with Crippen LogP contribution in [0.15, 0.2) is 75.7 Å². The fraction of sp³-hybridized carbons (Fsp3) is 0.0500. The summed E-state index contributed by atoms with van der Waals surface area (Å²) in [6.45, 7) is 3.97. The van der Waals surface area contributed by atoms with E-state index in [9.17, 15) is 9.90 Å². The van der Waals surface area contributed by atoms with Gasteiger partial charge in [0.05, 0.1) is 5.97 Å². The largest absolute Gasteiger partial charge is 0.544 e. The Morgan fingerprint density at radius 2 is 1.89 bits per heavy atom. The van der Waals surface area contributed by atoms with Crippen molar-refractivity contribution in [2.45, 2.75) is 5.22 Å². The van der Waals surface area contributed by atoms with Crippen LogP contribution in [0, 0.1) is 0 Å². The Bertz CT molecular complexity index is 998. The fourth-order valence-corrected chi connectivity index (χ4v) is 2.95. The Kier molecular flexibility index (Phi) is 6.52. The summed E-state index contributed by atoms with van der Waals surface area (Å²) in [7, 11) is 0. The quantitative estimate of drug-likeness (QED) is 0.315. The molecule has 0 unspecified atom stereocenters. The third-order valence-corrected chi connectivity index (χ3v) is 4.54. The first-order chi connectivity index (χ1) is 13.5. The summed E-state index contributed by atoms with van der Waals surface area (Å²) in [6, 6.07) is 13.8. The van der Waals surface area contributed by atoms with Crippen LogP contribution in [-0.2, 0) is 4.79 Å². The molecular weight excluding hydrogens is 400 g/mol. The van der Waals surface area contributed by atoms with Crippen LogP contribution in [0.5, 0.6) is 5.75 Å². The minimum Gasteiger partial charge on any atom is -0.544 e. The zero-order valence-corrected chi connectivity index (χ0v) is 16.1. The van der Waals surface area contributed by atoms with Crippen LogP contribution >= 0.6 is 23.4 Å². The molecule has 0 radical (unpaired) electrons. The molecule has 0 amide bonds. The van der Waals surface area contributed by atoms with E-state index in [2.05, 4.69) is 16.8 Å². The minimum atomic E-state index is -1.34. The van der Waals surface area contributed by atoms with Gasteiger partial charge in [0.25, 0.3) is 5.22 Å². The molecule has 6 nitrogen and oxygen atoms in total. The molecule has 0 aliphatic carbocycles. The lowest BCUT2D eigenvalue weighted by atomic mass is 10.2. The van der Waals surface area contributed by atoms with E-state index in [1.165, 1.54) is 6.08 Å². The first kappa shape index (κ1) is 19.7. The number of benzene rings is 2. The summed E-state index contributed by atoms with van der Waals surface area (Å²) in [5.74, 6) is -0.423. The van der Waals surface area contributed by atoms with Crippen molar-refractivity contribution in [2.24, 2.45) is 0 Å². The number of aliphatic carboxylic acids is 1. The summed E-state index contributed by atoms with van der Waals surface area (Å²) < 4.78 is 10.9. The van der Waals surface area contributed by atoms with E-state index in [4.69, 9.17) is 20.8 Å². The van der Waals surface area contributed by atoms with Gasteiger partial charge in [-0.1, -0.05) is 36.4 Å². The molecule has 0 bridgehead atoms. The van der Waals surface area contributed by atoms with Crippen molar-refractivity contribution in [1.82, 2.24) is 10.2 Å². The van der Waals surface area contributed by atoms with Crippen LogP contribution < -0.4 is 9.84 Å². The molecule has 1 heterocycles. The number of halogens is 1. The molecule has 1 aromatic heterocycles. The second-order valence-electron chi connectivity index (χ2n) is 5.45. The Hall–Kier alpha value is -3.03. The lowest BCUT2D eigenvalue weighted by molar-refractivity contribution is -0.298. The molecule has 0 aliphatic heterocycles. The molecule has 0 fully saturated rings. The summed E-state index contributed by atoms with van der Waals surface area (Å²) in [6.07, 6.45) is 3.10. The Morgan fingerprint density at radius 3 is 2.54 bits per heavy atom. The number of aromatic nitrogens is 2. The van der Waals surface area contributed by atoms with Gasteiger partial charge in [-0.25, -0.2) is 0 Å². The molecule has 0 spiro atoms. The van der Waals surface area contributed by atoms with E-state index in [1.807, 2.05) is 0 Å². The van der Waals surface area contributed by atoms with E-state index in [1.54, 1.807) is 54.6 Å². The van der Waals surface area contributed by atoms with Gasteiger partial charge in [0.1, 0.15) is 12.4 Å². The summed E-state index contributed by atoms with van der Waals surface area (Å²) >= 11 is 6.67. The van der Waals surface area contributed by atoms with Gasteiger partial charge in [-0.2, -0.15) is 0 Å². The van der Waals surface area contributed by atoms with Crippen LogP contribution in [0.2, 0.25) is 5.02 Å². The maximum absolute atomic E-state index is 11.5. The van der Waals surface area contributed by atoms with Gasteiger partial charge in [0.2, 0.25) is 5.89 Å². The van der Waals surface area contributed by atoms with Gasteiger partial charge in [-0.3, -0.25) is 0 Å². The Labute approximate surface area is 170 Å². The number of carboxylic acids is 1. The Morgan fingerprint density at radius 1 is 1.18 bits per heavy atom. The number of carbonyl (C=O) groups is 1. The number of carbonyl (C=O) groups excluding carboxylic acids is 1. The average molecular weight is 414 g/mol. The van der Waals surface area contributed by atoms with Crippen molar-refractivity contribution < 1.29 is 19.1 Å². The van der Waals surface area contributed by atoms with Crippen molar-refractivity contribution >= 4 is 35.4 Å². The Balaban J connectivity index is 1.76. The summed E-state index contributed by atoms with van der Waals surface area (Å²) in [4.78, 5) is 11.4. The minimum absolute atomic E-state index is 0.0638. The second-order valence-corrected chi connectivity index (χ2v) is 6.88. The van der Waals surface area contributed by atoms with Crippen molar-refractivity contribution in [3.8, 4) is 17.2 Å². The second kappa shape index (κ2) is 9.25. The number of ether oxygens (including phenoxy) is 1. The molecule has 0 N–H and O–H groups in total. The smallest absolute Gasteiger partial charge is 0.281 e. The SMILES string of the molecule is C=CCOc1ccc(/C=C(\Sc2nnc(-c3ccc(Cl)cc3)o2)C(=O)[O-])cc1. The third kappa shape index (κ3) is 5.25. The number of hydrogen-bond donors (Lipinski definition) is 0. The predicted octanol–water partition coefficient (Wildman–Crippen LogP) is 3.84. The molecule has 3 aromatic rings. The molecule has 3 rings (SSSR count). The highest BCUT2D eigenvalue weighted by atomic mass is 35.5. The number of carboxylic acid groups (broad SMARTS) is 1. The lowest BCUT2D eigenvalue weighted by Crippen LogP contribution is -2.23. The van der Waals surface area contributed by atoms with E-state index >= 15 is 0 Å². The van der Waals surface area contributed by atoms with Gasteiger partial charge >= 0.3 is 0 Å². The van der Waals surface area contributed by atoms with Gasteiger partial charge in [0.15, 0.2) is 0 Å². The van der Waals surface area contributed by atoms with Gasteiger partial charge < -0.3 is 19.1 Å². The summed E-state index contributed by atoms with van der Waals surface area (Å²) in [5, 5.41) is 20.0. The van der Waals surface area contributed by atoms with Crippen LogP contribution in [0.25, 0.3) is 17.5 Å². The first-order valence-electron chi connectivity index (χ1n) is 8.09. The molecule has 0 saturated heterocycles. The number of hydrogen-bond acceptors (Lipinski definition) is 7. The maximum Gasteiger partial charge on any atom is 0.281 e. The van der Waals surface area contributed by atoms with Gasteiger partial charge in [-0.05, 0) is 59.8 Å². The number of nitrogens with zero attached hydrogens (tertiary/aromatic N) is 2. The van der Waals surface area contributed by atoms with E-state index < -0.39 is 5.97 Å². The molecule has 0 aliphatic rings. The van der Waals surface area contributed by atoms with E-state index in [-0.39, 0.29) is 16.0 Å². The number of rotatable bonds is 8. The van der Waals surface area contributed by atoms with Crippen LogP contribution in [0.1, 0.15) is 5.56 Å². The van der Waals surface area contributed by atoms with E-state index in [0.717, 1.165) is 11.8 Å². The maximum atomic E-state index is 11.5. The first-order valence-corrected chi connectivity index (χ1v) is 9.28. The molecule has 0 saturated carbocycles. The zero-order chi connectivity index (χ0) is 19.9. The third-order valence-electron chi connectivity index (χ3n) is 3.44. The highest BCUT2D eigenvalue weighted by Crippen LogP contribution is 2.30. The van der Waals surface area contributed by atoms with Crippen molar-refractivity contribution in [3.05, 3.63) is 76.7 Å². The molecular formula is C20H14ClN2O4S-. The molecule has 28 heavy (non-hydrogen) atoms. The fourth-order valence-electron chi connectivity index (χ4n) is 2.15.